The third kappa shape index (κ3) is 0.947. The topological polar surface area (TPSA) is 50.4 Å². The highest BCUT2D eigenvalue weighted by atomic mass is 19.1. The number of nitrogens with zero attached hydrogens (tertiary/aromatic N) is 3. The van der Waals surface area contributed by atoms with E-state index in [-0.39, 0.29) is 18.1 Å². The zero-order valence-corrected chi connectivity index (χ0v) is 6.11. The molecule has 2 rings (SSSR count). The summed E-state index contributed by atoms with van der Waals surface area (Å²) in [4.78, 5) is 3.76. The molecule has 62 valence electrons. The van der Waals surface area contributed by atoms with Crippen LogP contribution in [0.4, 0.5) is 4.39 Å². The summed E-state index contributed by atoms with van der Waals surface area (Å²) in [6, 6.07) is 2.82. The lowest BCUT2D eigenvalue weighted by Gasteiger charge is -1.88. The minimum atomic E-state index is -0.440. The van der Waals surface area contributed by atoms with Crippen molar-refractivity contribution in [2.45, 2.75) is 6.61 Å². The van der Waals surface area contributed by atoms with E-state index in [1.54, 1.807) is 6.20 Å². The summed E-state index contributed by atoms with van der Waals surface area (Å²) < 4.78 is 14.2. The minimum absolute atomic E-state index is 0.140. The van der Waals surface area contributed by atoms with Crippen LogP contribution in [0.25, 0.3) is 5.65 Å². The summed E-state index contributed by atoms with van der Waals surface area (Å²) in [5.74, 6) is -0.218. The Morgan fingerprint density at radius 2 is 2.42 bits per heavy atom. The molecule has 0 amide bonds. The van der Waals surface area contributed by atoms with Gasteiger partial charge < -0.3 is 5.11 Å². The fraction of sp³-hybridized carbons (Fsp3) is 0.143. The number of halogens is 1. The smallest absolute Gasteiger partial charge is 0.191 e. The number of fused-ring (bicyclic) bond motifs is 1. The minimum Gasteiger partial charge on any atom is -0.388 e. The number of rotatable bonds is 1. The Kier molecular flexibility index (Phi) is 1.51. The second-order valence-corrected chi connectivity index (χ2v) is 2.31. The fourth-order valence-electron chi connectivity index (χ4n) is 0.985. The van der Waals surface area contributed by atoms with Crippen LogP contribution in [-0.4, -0.2) is 19.7 Å². The summed E-state index contributed by atoms with van der Waals surface area (Å²) in [5.41, 5.74) is 0.140. The summed E-state index contributed by atoms with van der Waals surface area (Å²) in [5, 5.41) is 12.5. The molecule has 0 aliphatic rings. The average Bonchev–Trinajstić information content (AvgIpc) is 2.49. The molecule has 0 aromatic carbocycles. The molecule has 0 radical (unpaired) electrons. The molecule has 0 saturated heterocycles. The molecule has 0 bridgehead atoms. The molecule has 1 N–H and O–H groups in total. The van der Waals surface area contributed by atoms with Crippen LogP contribution in [0.15, 0.2) is 18.3 Å². The maximum Gasteiger partial charge on any atom is 0.191 e. The molecule has 0 unspecified atom stereocenters. The number of aliphatic hydroxyl groups excluding tert-OH is 1. The Balaban J connectivity index is 2.74. The quantitative estimate of drug-likeness (QED) is 0.667. The van der Waals surface area contributed by atoms with Gasteiger partial charge in [0.2, 0.25) is 0 Å². The lowest BCUT2D eigenvalue weighted by Crippen LogP contribution is -1.89. The van der Waals surface area contributed by atoms with Crippen LogP contribution in [0.1, 0.15) is 5.82 Å². The number of aromatic nitrogens is 3. The summed E-state index contributed by atoms with van der Waals surface area (Å²) in [6.45, 7) is -0.277. The standard InChI is InChI=1S/C7H6FN3O/c8-5-2-1-3-11-7(5)9-6(4-12)10-11/h1-3,12H,4H2. The van der Waals surface area contributed by atoms with E-state index in [0.29, 0.717) is 0 Å². The van der Waals surface area contributed by atoms with E-state index in [2.05, 4.69) is 10.1 Å². The van der Waals surface area contributed by atoms with Gasteiger partial charge >= 0.3 is 0 Å². The molecule has 0 saturated carbocycles. The molecule has 2 aromatic heterocycles. The SMILES string of the molecule is OCc1nc2c(F)cccn2n1. The van der Waals surface area contributed by atoms with Crippen molar-refractivity contribution < 1.29 is 9.50 Å². The van der Waals surface area contributed by atoms with Gasteiger partial charge in [0, 0.05) is 6.20 Å². The van der Waals surface area contributed by atoms with Gasteiger partial charge in [0.25, 0.3) is 0 Å². The maximum absolute atomic E-state index is 12.9. The van der Waals surface area contributed by atoms with Crippen molar-refractivity contribution in [3.8, 4) is 0 Å². The van der Waals surface area contributed by atoms with Gasteiger partial charge in [0.05, 0.1) is 0 Å². The summed E-state index contributed by atoms with van der Waals surface area (Å²) in [6.07, 6.45) is 1.57. The number of hydrogen-bond donors (Lipinski definition) is 1. The molecule has 0 aliphatic carbocycles. The van der Waals surface area contributed by atoms with Crippen molar-refractivity contribution in [1.29, 1.82) is 0 Å². The molecule has 0 aliphatic heterocycles. The van der Waals surface area contributed by atoms with Crippen LogP contribution >= 0.6 is 0 Å². The van der Waals surface area contributed by atoms with Gasteiger partial charge in [-0.1, -0.05) is 0 Å². The van der Waals surface area contributed by atoms with E-state index in [4.69, 9.17) is 5.11 Å². The normalized spacial score (nSPS) is 10.8. The van der Waals surface area contributed by atoms with Crippen LogP contribution in [0, 0.1) is 5.82 Å². The molecule has 0 spiro atoms. The Hall–Kier alpha value is -1.49. The number of aliphatic hydroxyl groups is 1. The van der Waals surface area contributed by atoms with Gasteiger partial charge in [0.15, 0.2) is 17.3 Å². The highest BCUT2D eigenvalue weighted by Crippen LogP contribution is 2.05. The highest BCUT2D eigenvalue weighted by Gasteiger charge is 2.05. The Labute approximate surface area is 67.3 Å². The first-order valence-electron chi connectivity index (χ1n) is 3.42. The Bertz CT molecular complexity index is 412. The van der Waals surface area contributed by atoms with Gasteiger partial charge in [0.1, 0.15) is 6.61 Å². The monoisotopic (exact) mass is 167 g/mol. The largest absolute Gasteiger partial charge is 0.388 e. The lowest BCUT2D eigenvalue weighted by molar-refractivity contribution is 0.271. The van der Waals surface area contributed by atoms with E-state index in [0.717, 1.165) is 0 Å². The van der Waals surface area contributed by atoms with Gasteiger partial charge in [-0.3, -0.25) is 0 Å². The van der Waals surface area contributed by atoms with E-state index in [1.807, 2.05) is 0 Å². The summed E-state index contributed by atoms with van der Waals surface area (Å²) >= 11 is 0. The van der Waals surface area contributed by atoms with Crippen LogP contribution < -0.4 is 0 Å². The van der Waals surface area contributed by atoms with Gasteiger partial charge in [-0.2, -0.15) is 0 Å². The molecule has 4 nitrogen and oxygen atoms in total. The van der Waals surface area contributed by atoms with Crippen LogP contribution in [-0.2, 0) is 6.61 Å². The molecule has 12 heavy (non-hydrogen) atoms. The lowest BCUT2D eigenvalue weighted by atomic mass is 10.5. The number of pyridine rings is 1. The van der Waals surface area contributed by atoms with Crippen molar-refractivity contribution in [1.82, 2.24) is 14.6 Å². The zero-order valence-electron chi connectivity index (χ0n) is 6.11. The second kappa shape index (κ2) is 2.53. The molecular weight excluding hydrogens is 161 g/mol. The second-order valence-electron chi connectivity index (χ2n) is 2.31. The van der Waals surface area contributed by atoms with Crippen molar-refractivity contribution in [2.75, 3.05) is 0 Å². The van der Waals surface area contributed by atoms with Gasteiger partial charge in [-0.25, -0.2) is 13.9 Å². The van der Waals surface area contributed by atoms with E-state index in [9.17, 15) is 4.39 Å². The average molecular weight is 167 g/mol. The molecule has 5 heteroatoms. The van der Waals surface area contributed by atoms with Crippen LogP contribution in [0.3, 0.4) is 0 Å². The zero-order chi connectivity index (χ0) is 8.55. The molecular formula is C7H6FN3O. The predicted molar refractivity (Wildman–Crippen MR) is 38.9 cm³/mol. The van der Waals surface area contributed by atoms with Gasteiger partial charge in [-0.15, -0.1) is 5.10 Å². The first-order valence-corrected chi connectivity index (χ1v) is 3.42. The summed E-state index contributed by atoms with van der Waals surface area (Å²) in [7, 11) is 0. The predicted octanol–water partition coefficient (Wildman–Crippen LogP) is 0.361. The van der Waals surface area contributed by atoms with Crippen molar-refractivity contribution >= 4 is 5.65 Å². The van der Waals surface area contributed by atoms with E-state index in [1.165, 1.54) is 16.6 Å². The first-order chi connectivity index (χ1) is 5.81. The van der Waals surface area contributed by atoms with E-state index >= 15 is 0 Å². The first kappa shape index (κ1) is 7.17. The molecule has 2 heterocycles. The fourth-order valence-corrected chi connectivity index (χ4v) is 0.985. The van der Waals surface area contributed by atoms with Crippen molar-refractivity contribution in [2.24, 2.45) is 0 Å². The van der Waals surface area contributed by atoms with Crippen molar-refractivity contribution in [3.05, 3.63) is 30.0 Å². The maximum atomic E-state index is 12.9. The third-order valence-electron chi connectivity index (χ3n) is 1.50. The van der Waals surface area contributed by atoms with Crippen LogP contribution in [0.2, 0.25) is 0 Å². The number of hydrogen-bond acceptors (Lipinski definition) is 3. The third-order valence-corrected chi connectivity index (χ3v) is 1.50. The van der Waals surface area contributed by atoms with Crippen LogP contribution in [0.5, 0.6) is 0 Å². The Morgan fingerprint density at radius 1 is 1.58 bits per heavy atom. The van der Waals surface area contributed by atoms with E-state index < -0.39 is 5.82 Å². The van der Waals surface area contributed by atoms with Crippen molar-refractivity contribution in [3.63, 3.8) is 0 Å². The molecule has 0 atom stereocenters. The van der Waals surface area contributed by atoms with Gasteiger partial charge in [-0.05, 0) is 12.1 Å². The molecule has 2 aromatic rings. The molecule has 0 fully saturated rings. The Morgan fingerprint density at radius 3 is 3.08 bits per heavy atom. The highest BCUT2D eigenvalue weighted by molar-refractivity contribution is 5.38.